The number of imidazole rings is 1. The minimum Gasteiger partial charge on any atom is -0.477 e. The van der Waals surface area contributed by atoms with Gasteiger partial charge in [-0.1, -0.05) is 11.2 Å². The number of hydrogen-bond donors (Lipinski definition) is 3. The van der Waals surface area contributed by atoms with E-state index in [9.17, 15) is 23.9 Å². The highest BCUT2D eigenvalue weighted by atomic mass is 32.2. The van der Waals surface area contributed by atoms with Crippen molar-refractivity contribution in [2.24, 2.45) is 5.16 Å². The van der Waals surface area contributed by atoms with Crippen LogP contribution in [0.4, 0.5) is 9.52 Å². The fourth-order valence-electron chi connectivity index (χ4n) is 3.83. The van der Waals surface area contributed by atoms with Crippen LogP contribution < -0.4 is 11.1 Å². The van der Waals surface area contributed by atoms with Gasteiger partial charge in [0.15, 0.2) is 5.13 Å². The summed E-state index contributed by atoms with van der Waals surface area (Å²) in [5, 5.41) is 15.2. The van der Waals surface area contributed by atoms with Crippen LogP contribution in [-0.2, 0) is 19.2 Å². The van der Waals surface area contributed by atoms with Crippen LogP contribution in [0.25, 0.3) is 10.9 Å². The molecular weight excluding hydrogens is 547 g/mol. The van der Waals surface area contributed by atoms with Crippen molar-refractivity contribution in [2.45, 2.75) is 18.3 Å². The summed E-state index contributed by atoms with van der Waals surface area (Å²) < 4.78 is 18.3. The van der Waals surface area contributed by atoms with Crippen LogP contribution in [0.1, 0.15) is 16.4 Å². The number of aryl methyl sites for hydroxylation is 1. The number of carboxylic acids is 1. The molecule has 5 rings (SSSR count). The predicted octanol–water partition coefficient (Wildman–Crippen LogP) is 1.24. The largest absolute Gasteiger partial charge is 0.477 e. The molecule has 13 nitrogen and oxygen atoms in total. The summed E-state index contributed by atoms with van der Waals surface area (Å²) in [6.45, 7) is 0.632. The van der Waals surface area contributed by atoms with Gasteiger partial charge in [0.05, 0.1) is 6.20 Å². The number of aromatic nitrogens is 4. The number of allylic oxidation sites excluding steroid dienone is 1. The lowest BCUT2D eigenvalue weighted by Gasteiger charge is -2.49. The second-order valence-electron chi connectivity index (χ2n) is 7.66. The fourth-order valence-corrected chi connectivity index (χ4v) is 6.59. The van der Waals surface area contributed by atoms with Gasteiger partial charge >= 0.3 is 5.97 Å². The number of β-lactam (4-membered cyclic amide) rings is 1. The summed E-state index contributed by atoms with van der Waals surface area (Å²) in [5.41, 5.74) is 6.35. The molecule has 2 atom stereocenters. The Hall–Kier alpha value is -3.83. The minimum absolute atomic E-state index is 0.0496. The van der Waals surface area contributed by atoms with E-state index in [-0.39, 0.29) is 16.7 Å². The van der Waals surface area contributed by atoms with Crippen LogP contribution in [0.15, 0.2) is 35.0 Å². The van der Waals surface area contributed by atoms with Crippen LogP contribution in [0.2, 0.25) is 0 Å². The predicted molar refractivity (Wildman–Crippen MR) is 134 cm³/mol. The Labute approximate surface area is 219 Å². The quantitative estimate of drug-likeness (QED) is 0.205. The number of carbonyl (C=O) groups excluding carboxylic acids is 2. The summed E-state index contributed by atoms with van der Waals surface area (Å²) in [6, 6.07) is -1.04. The maximum atomic E-state index is 13.0. The third-order valence-corrected chi connectivity index (χ3v) is 8.54. The summed E-state index contributed by atoms with van der Waals surface area (Å²) in [5.74, 6) is -2.67. The number of carboxylic acid groups (broad SMARTS) is 1. The van der Waals surface area contributed by atoms with Gasteiger partial charge in [-0.2, -0.15) is 9.36 Å². The maximum absolute atomic E-state index is 13.0. The van der Waals surface area contributed by atoms with E-state index in [2.05, 4.69) is 29.7 Å². The average Bonchev–Trinajstić information content (AvgIpc) is 3.59. The topological polar surface area (TPSA) is 177 Å². The van der Waals surface area contributed by atoms with E-state index in [1.54, 1.807) is 18.6 Å². The molecule has 4 N–H and O–H groups in total. The highest BCUT2D eigenvalue weighted by Gasteiger charge is 2.54. The molecule has 0 aliphatic carbocycles. The Kier molecular flexibility index (Phi) is 6.65. The number of rotatable bonds is 8. The Morgan fingerprint density at radius 2 is 2.24 bits per heavy atom. The van der Waals surface area contributed by atoms with E-state index in [0.29, 0.717) is 11.3 Å². The van der Waals surface area contributed by atoms with Crippen molar-refractivity contribution in [3.8, 4) is 0 Å². The lowest BCUT2D eigenvalue weighted by molar-refractivity contribution is -0.150. The first-order valence-corrected chi connectivity index (χ1v) is 13.1. The fraction of sp³-hybridized carbons (Fsp3) is 0.250. The van der Waals surface area contributed by atoms with Crippen LogP contribution >= 0.6 is 34.6 Å². The monoisotopic (exact) mass is 564 g/mol. The number of alkyl halides is 1. The molecular formula is C20H17FN8O5S3. The van der Waals surface area contributed by atoms with Crippen molar-refractivity contribution >= 4 is 74.2 Å². The highest BCUT2D eigenvalue weighted by molar-refractivity contribution is 8.00. The van der Waals surface area contributed by atoms with Gasteiger partial charge in [-0.25, -0.2) is 14.2 Å². The number of nitrogens with one attached hydrogen (secondary N) is 1. The number of thioether (sulfide) groups is 1. The third-order valence-electron chi connectivity index (χ3n) is 5.53. The highest BCUT2D eigenvalue weighted by Crippen LogP contribution is 2.41. The lowest BCUT2D eigenvalue weighted by Crippen LogP contribution is -2.71. The van der Waals surface area contributed by atoms with E-state index in [1.807, 2.05) is 17.4 Å². The molecule has 3 aromatic heterocycles. The van der Waals surface area contributed by atoms with Crippen LogP contribution in [0, 0.1) is 6.92 Å². The number of amides is 2. The number of fused-ring (bicyclic) bond motifs is 2. The van der Waals surface area contributed by atoms with Gasteiger partial charge in [0.2, 0.25) is 11.5 Å². The van der Waals surface area contributed by atoms with Crippen LogP contribution in [0.3, 0.4) is 0 Å². The second-order valence-corrected chi connectivity index (χ2v) is 10.6. The summed E-state index contributed by atoms with van der Waals surface area (Å²) in [6.07, 6.45) is 6.95. The Morgan fingerprint density at radius 3 is 2.92 bits per heavy atom. The zero-order valence-electron chi connectivity index (χ0n) is 18.8. The Bertz CT molecular complexity index is 1510. The molecule has 192 valence electrons. The number of thiazole rings is 1. The molecule has 0 radical (unpaired) electrons. The maximum Gasteiger partial charge on any atom is 0.352 e. The molecule has 17 heteroatoms. The number of nitrogens with two attached hydrogens (primary N) is 1. The van der Waals surface area contributed by atoms with Crippen LogP contribution in [-0.4, -0.2) is 76.3 Å². The molecule has 5 heterocycles. The van der Waals surface area contributed by atoms with E-state index < -0.39 is 41.8 Å². The zero-order chi connectivity index (χ0) is 26.3. The number of anilines is 1. The number of halogens is 1. The number of carbonyl (C=O) groups is 3. The Morgan fingerprint density at radius 1 is 1.43 bits per heavy atom. The number of nitrogens with zero attached hydrogens (tertiary/aromatic N) is 6. The van der Waals surface area contributed by atoms with Gasteiger partial charge in [-0.15, -0.1) is 23.1 Å². The number of aliphatic carboxylic acids is 1. The van der Waals surface area contributed by atoms with Gasteiger partial charge in [-0.3, -0.25) is 18.9 Å². The van der Waals surface area contributed by atoms with Crippen molar-refractivity contribution in [2.75, 3.05) is 18.3 Å². The average molecular weight is 565 g/mol. The molecule has 0 unspecified atom stereocenters. The Balaban J connectivity index is 1.36. The van der Waals surface area contributed by atoms with Gasteiger partial charge in [0.25, 0.3) is 18.7 Å². The second kappa shape index (κ2) is 9.91. The van der Waals surface area contributed by atoms with E-state index in [1.165, 1.54) is 23.1 Å². The molecule has 0 saturated carbocycles. The van der Waals surface area contributed by atoms with E-state index >= 15 is 0 Å². The van der Waals surface area contributed by atoms with Crippen molar-refractivity contribution in [3.63, 3.8) is 0 Å². The van der Waals surface area contributed by atoms with Crippen molar-refractivity contribution in [3.05, 3.63) is 46.3 Å². The molecule has 0 spiro atoms. The van der Waals surface area contributed by atoms with Gasteiger partial charge in [-0.05, 0) is 18.6 Å². The molecule has 0 aromatic carbocycles. The molecule has 0 bridgehead atoms. The van der Waals surface area contributed by atoms with E-state index in [4.69, 9.17) is 5.73 Å². The van der Waals surface area contributed by atoms with Crippen LogP contribution in [0.5, 0.6) is 0 Å². The standard InChI is InChI=1S/C20H17FN8O5S3/c1-8-10(36-11-4-23-7-28(8)11)3-2-9-5-35-18-13(17(31)29(18)14(9)19(32)33)24-16(30)12(26-34-6-21)15-25-20(22)37-27-15/h2-4,7,13,18H,5-6H2,1H3,(H,24,30)(H,32,33)(H2,22,25,27)/b3-2?,26-12-/t13-,18-/m1/s1. The van der Waals surface area contributed by atoms with Crippen molar-refractivity contribution in [1.29, 1.82) is 0 Å². The third kappa shape index (κ3) is 4.44. The van der Waals surface area contributed by atoms with Crippen molar-refractivity contribution < 1.29 is 28.7 Å². The van der Waals surface area contributed by atoms with Gasteiger partial charge < -0.3 is 21.0 Å². The normalized spacial score (nSPS) is 19.9. The summed E-state index contributed by atoms with van der Waals surface area (Å²) in [7, 11) is 0. The SMILES string of the molecule is Cc1c(C=CC2=C(C(=O)O)N3C(=O)[C@@H](NC(=O)/C(=N\OCF)c4nsc(N)n4)[C@H]3SC2)sc2cncn12. The first-order chi connectivity index (χ1) is 17.8. The molecule has 3 aromatic rings. The first kappa shape index (κ1) is 24.8. The molecule has 1 saturated heterocycles. The number of nitrogen functional groups attached to an aromatic ring is 1. The molecule has 1 fully saturated rings. The smallest absolute Gasteiger partial charge is 0.352 e. The number of oxime groups is 1. The van der Waals surface area contributed by atoms with E-state index in [0.717, 1.165) is 31.8 Å². The van der Waals surface area contributed by atoms with Crippen molar-refractivity contribution in [1.82, 2.24) is 29.0 Å². The molecule has 37 heavy (non-hydrogen) atoms. The first-order valence-electron chi connectivity index (χ1n) is 10.5. The lowest BCUT2D eigenvalue weighted by atomic mass is 10.0. The molecule has 2 amide bonds. The summed E-state index contributed by atoms with van der Waals surface area (Å²) in [4.78, 5) is 53.2. The zero-order valence-corrected chi connectivity index (χ0v) is 21.3. The molecule has 2 aliphatic heterocycles. The van der Waals surface area contributed by atoms with Gasteiger partial charge in [0.1, 0.15) is 28.3 Å². The molecule has 2 aliphatic rings. The number of hydrogen-bond acceptors (Lipinski definition) is 12. The minimum atomic E-state index is -1.30. The summed E-state index contributed by atoms with van der Waals surface area (Å²) >= 11 is 3.60. The van der Waals surface area contributed by atoms with Gasteiger partial charge in [0, 0.05) is 27.9 Å².